The van der Waals surface area contributed by atoms with Crippen molar-refractivity contribution in [2.24, 2.45) is 10.1 Å². The molecule has 0 bridgehead atoms. The van der Waals surface area contributed by atoms with Gasteiger partial charge in [0.25, 0.3) is 5.91 Å². The average Bonchev–Trinajstić information content (AvgIpc) is 3.28. The maximum atomic E-state index is 13.6. The number of hydrogen-bond donors (Lipinski definition) is 3. The molecule has 2 atom stereocenters. The molecule has 0 saturated carbocycles. The third-order valence-electron chi connectivity index (χ3n) is 5.71. The molecule has 36 heavy (non-hydrogen) atoms. The Hall–Kier alpha value is -3.85. The fourth-order valence-electron chi connectivity index (χ4n) is 3.88. The van der Waals surface area contributed by atoms with Crippen molar-refractivity contribution < 1.29 is 19.4 Å². The van der Waals surface area contributed by atoms with Crippen LogP contribution in [0.3, 0.4) is 0 Å². The van der Waals surface area contributed by atoms with Crippen LogP contribution in [0.4, 0.5) is 5.69 Å². The summed E-state index contributed by atoms with van der Waals surface area (Å²) < 4.78 is 11.9. The van der Waals surface area contributed by atoms with Gasteiger partial charge < -0.3 is 14.6 Å². The van der Waals surface area contributed by atoms with E-state index in [1.807, 2.05) is 0 Å². The van der Waals surface area contributed by atoms with E-state index in [-0.39, 0.29) is 24.8 Å². The van der Waals surface area contributed by atoms with E-state index in [9.17, 15) is 4.79 Å². The lowest BCUT2D eigenvalue weighted by Gasteiger charge is -2.30. The van der Waals surface area contributed by atoms with Crippen LogP contribution in [0.25, 0.3) is 10.4 Å². The first-order chi connectivity index (χ1) is 17.6. The van der Waals surface area contributed by atoms with Crippen LogP contribution in [-0.2, 0) is 9.53 Å². The van der Waals surface area contributed by atoms with E-state index in [1.165, 1.54) is 0 Å². The molecule has 190 valence electrons. The van der Waals surface area contributed by atoms with Gasteiger partial charge in [0, 0.05) is 47.7 Å². The maximum absolute atomic E-state index is 13.6. The van der Waals surface area contributed by atoms with Crippen molar-refractivity contribution in [3.05, 3.63) is 82.8 Å². The molecule has 0 fully saturated rings. The molecule has 10 heteroatoms. The van der Waals surface area contributed by atoms with Crippen LogP contribution in [0.1, 0.15) is 49.8 Å². The summed E-state index contributed by atoms with van der Waals surface area (Å²) in [5, 5.41) is 12.7. The van der Waals surface area contributed by atoms with Crippen LogP contribution in [0, 0.1) is 0 Å². The molecule has 3 rings (SSSR count). The molecule has 0 saturated heterocycles. The number of carbonyl (C=O) groups excluding carboxylic acids is 1. The van der Waals surface area contributed by atoms with Gasteiger partial charge in [-0.1, -0.05) is 48.8 Å². The zero-order chi connectivity index (χ0) is 25.8. The molecule has 0 unspecified atom stereocenters. The Kier molecular flexibility index (Phi) is 9.88. The lowest BCUT2D eigenvalue weighted by atomic mass is 9.84. The Balaban J connectivity index is 2.00. The van der Waals surface area contributed by atoms with Crippen molar-refractivity contribution >= 4 is 17.5 Å². The molecule has 10 nitrogen and oxygen atoms in total. The van der Waals surface area contributed by atoms with E-state index in [0.717, 1.165) is 12.8 Å². The van der Waals surface area contributed by atoms with Gasteiger partial charge >= 0.3 is 0 Å². The molecule has 1 aliphatic heterocycles. The normalized spacial score (nSPS) is 18.5. The van der Waals surface area contributed by atoms with E-state index in [1.54, 1.807) is 54.6 Å². The minimum Gasteiger partial charge on any atom is -0.494 e. The van der Waals surface area contributed by atoms with Gasteiger partial charge in [-0.3, -0.25) is 10.2 Å². The zero-order valence-corrected chi connectivity index (χ0v) is 20.4. The highest BCUT2D eigenvalue weighted by Crippen LogP contribution is 2.45. The second-order valence-electron chi connectivity index (χ2n) is 8.26. The maximum Gasteiger partial charge on any atom is 0.266 e. The first kappa shape index (κ1) is 26.7. The minimum absolute atomic E-state index is 0.0577. The quantitative estimate of drug-likeness (QED) is 0.0879. The molecule has 0 aromatic heterocycles. The average molecular weight is 493 g/mol. The summed E-state index contributed by atoms with van der Waals surface area (Å²) in [5.74, 6) is 0.549. The molecular weight excluding hydrogens is 460 g/mol. The highest BCUT2D eigenvalue weighted by Gasteiger charge is 2.53. The number of aliphatic hydroxyl groups excluding tert-OH is 1. The number of hydrazine groups is 1. The number of amides is 1. The second kappa shape index (κ2) is 13.3. The molecule has 0 aliphatic carbocycles. The number of aliphatic hydroxyl groups is 1. The molecule has 2 aromatic carbocycles. The third kappa shape index (κ3) is 6.23. The third-order valence-corrected chi connectivity index (χ3v) is 5.71. The van der Waals surface area contributed by atoms with Crippen molar-refractivity contribution in [2.45, 2.75) is 44.2 Å². The second-order valence-corrected chi connectivity index (χ2v) is 8.26. The Morgan fingerprint density at radius 2 is 2.08 bits per heavy atom. The summed E-state index contributed by atoms with van der Waals surface area (Å²) in [7, 11) is 0. The first-order valence-electron chi connectivity index (χ1n) is 12.0. The van der Waals surface area contributed by atoms with E-state index >= 15 is 0 Å². The summed E-state index contributed by atoms with van der Waals surface area (Å²) in [6.45, 7) is 6.99. The fourth-order valence-corrected chi connectivity index (χ4v) is 3.88. The van der Waals surface area contributed by atoms with Crippen LogP contribution in [-0.4, -0.2) is 42.2 Å². The van der Waals surface area contributed by atoms with Gasteiger partial charge in [0.05, 0.1) is 6.61 Å². The largest absolute Gasteiger partial charge is 0.494 e. The van der Waals surface area contributed by atoms with E-state index in [2.05, 4.69) is 34.4 Å². The minimum atomic E-state index is -1.38. The predicted octanol–water partition coefficient (Wildman–Crippen LogP) is 4.64. The van der Waals surface area contributed by atoms with E-state index in [0.29, 0.717) is 42.1 Å². The van der Waals surface area contributed by atoms with Gasteiger partial charge in [0.1, 0.15) is 5.75 Å². The van der Waals surface area contributed by atoms with Crippen LogP contribution in [0.5, 0.6) is 5.75 Å². The van der Waals surface area contributed by atoms with Gasteiger partial charge in [-0.15, -0.1) is 6.58 Å². The number of benzene rings is 2. The molecular formula is C26H32N6O4. The number of carbonyl (C=O) groups is 1. The molecule has 1 amide bonds. The van der Waals surface area contributed by atoms with Crippen molar-refractivity contribution in [2.75, 3.05) is 19.8 Å². The molecule has 0 spiro atoms. The van der Waals surface area contributed by atoms with E-state index in [4.69, 9.17) is 25.1 Å². The first-order valence-corrected chi connectivity index (χ1v) is 12.0. The number of nitrogens with zero attached hydrogens (tertiary/aromatic N) is 4. The smallest absolute Gasteiger partial charge is 0.266 e. The van der Waals surface area contributed by atoms with Gasteiger partial charge in [-0.05, 0) is 36.2 Å². The molecule has 2 aromatic rings. The van der Waals surface area contributed by atoms with Gasteiger partial charge in [-0.2, -0.15) is 0 Å². The van der Waals surface area contributed by atoms with Crippen LogP contribution < -0.4 is 15.6 Å². The summed E-state index contributed by atoms with van der Waals surface area (Å²) in [5.41, 5.74) is 15.0. The van der Waals surface area contributed by atoms with Crippen LogP contribution >= 0.6 is 0 Å². The summed E-state index contributed by atoms with van der Waals surface area (Å²) in [6.07, 6.45) is 3.37. The number of rotatable bonds is 14. The van der Waals surface area contributed by atoms with Gasteiger partial charge in [0.2, 0.25) is 5.90 Å². The van der Waals surface area contributed by atoms with Crippen LogP contribution in [0.15, 0.2) is 71.3 Å². The van der Waals surface area contributed by atoms with Crippen molar-refractivity contribution in [1.82, 2.24) is 10.9 Å². The number of hydrogen-bond acceptors (Lipinski definition) is 7. The fraction of sp³-hybridized carbons (Fsp3) is 0.385. The van der Waals surface area contributed by atoms with Gasteiger partial charge in [-0.25, -0.2) is 10.4 Å². The molecule has 1 heterocycles. The Bertz CT molecular complexity index is 1110. The van der Waals surface area contributed by atoms with Crippen molar-refractivity contribution in [3.63, 3.8) is 0 Å². The summed E-state index contributed by atoms with van der Waals surface area (Å²) in [4.78, 5) is 21.3. The SMILES string of the molecule is C=CC[C@]1(C(=O)NNCCCC)N=C(c2ccc(OCCCO)cc2)O[C@H]1c1ccccc1N=[N+]=[N-]. The number of unbranched alkanes of at least 4 members (excludes halogenated alkanes) is 1. The number of ether oxygens (including phenoxy) is 2. The topological polar surface area (TPSA) is 141 Å². The number of nitrogens with one attached hydrogen (secondary N) is 2. The Morgan fingerprint density at radius 1 is 1.31 bits per heavy atom. The Labute approximate surface area is 210 Å². The number of azide groups is 1. The highest BCUT2D eigenvalue weighted by molar-refractivity contribution is 6.01. The standard InChI is InChI=1S/C26H32N6O4/c1-3-5-16-28-31-25(34)26(15-4-2)23(21-9-6-7-10-22(21)30-32-27)36-24(29-26)19-11-13-20(14-12-19)35-18-8-17-33/h4,6-7,9-14,23,28,33H,2-3,5,8,15-18H2,1H3,(H,31,34)/t23-,26-/m0/s1. The lowest BCUT2D eigenvalue weighted by Crippen LogP contribution is -2.52. The molecule has 0 radical (unpaired) electrons. The molecule has 1 aliphatic rings. The number of aliphatic imine (C=N–C) groups is 1. The van der Waals surface area contributed by atoms with Crippen molar-refractivity contribution in [1.29, 1.82) is 0 Å². The summed E-state index contributed by atoms with van der Waals surface area (Å²) in [6, 6.07) is 14.1. The van der Waals surface area contributed by atoms with Crippen LogP contribution in [0.2, 0.25) is 0 Å². The monoisotopic (exact) mass is 492 g/mol. The predicted molar refractivity (Wildman–Crippen MR) is 138 cm³/mol. The van der Waals surface area contributed by atoms with Crippen molar-refractivity contribution in [3.8, 4) is 5.75 Å². The zero-order valence-electron chi connectivity index (χ0n) is 20.4. The van der Waals surface area contributed by atoms with E-state index < -0.39 is 11.6 Å². The lowest BCUT2D eigenvalue weighted by molar-refractivity contribution is -0.129. The summed E-state index contributed by atoms with van der Waals surface area (Å²) >= 11 is 0. The van der Waals surface area contributed by atoms with Gasteiger partial charge in [0.15, 0.2) is 11.6 Å². The Morgan fingerprint density at radius 3 is 2.78 bits per heavy atom. The molecule has 3 N–H and O–H groups in total. The highest BCUT2D eigenvalue weighted by atomic mass is 16.5.